The van der Waals surface area contributed by atoms with Gasteiger partial charge in [0.2, 0.25) is 5.91 Å². The zero-order valence-corrected chi connectivity index (χ0v) is 15.1. The fourth-order valence-electron chi connectivity index (χ4n) is 2.50. The number of carbonyl (C=O) groups is 2. The number of nitrogens with one attached hydrogen (secondary N) is 2. The smallest absolute Gasteiger partial charge is 0.251 e. The minimum atomic E-state index is -0.266. The Labute approximate surface area is 156 Å². The highest BCUT2D eigenvalue weighted by molar-refractivity contribution is 7.13. The molecule has 3 aromatic rings. The van der Waals surface area contributed by atoms with Crippen molar-refractivity contribution in [2.24, 2.45) is 0 Å². The zero-order chi connectivity index (χ0) is 18.4. The molecule has 0 radical (unpaired) electrons. The summed E-state index contributed by atoms with van der Waals surface area (Å²) in [5.41, 5.74) is 2.32. The normalized spacial score (nSPS) is 11.6. The lowest BCUT2D eigenvalue weighted by molar-refractivity contribution is -0.116. The average molecular weight is 365 g/mol. The molecule has 2 N–H and O–H groups in total. The van der Waals surface area contributed by atoms with E-state index in [-0.39, 0.29) is 24.3 Å². The number of rotatable bonds is 6. The van der Waals surface area contributed by atoms with Gasteiger partial charge in [-0.05, 0) is 43.3 Å². The first-order chi connectivity index (χ1) is 12.6. The molecule has 0 aliphatic carbocycles. The van der Waals surface area contributed by atoms with Crippen molar-refractivity contribution < 1.29 is 9.59 Å². The van der Waals surface area contributed by atoms with Gasteiger partial charge in [-0.1, -0.05) is 18.2 Å². The second-order valence-electron chi connectivity index (χ2n) is 5.91. The second-order valence-corrected chi connectivity index (χ2v) is 6.80. The van der Waals surface area contributed by atoms with Gasteiger partial charge in [-0.25, -0.2) is 4.98 Å². The number of hydrogen-bond acceptors (Lipinski definition) is 4. The highest BCUT2D eigenvalue weighted by Crippen LogP contribution is 2.23. The highest BCUT2D eigenvalue weighted by Gasteiger charge is 2.13. The summed E-state index contributed by atoms with van der Waals surface area (Å²) >= 11 is 1.57. The topological polar surface area (TPSA) is 71.1 Å². The summed E-state index contributed by atoms with van der Waals surface area (Å²) in [5.74, 6) is -0.327. The fourth-order valence-corrected chi connectivity index (χ4v) is 3.14. The summed E-state index contributed by atoms with van der Waals surface area (Å²) in [6.07, 6.45) is 1.97. The standard InChI is InChI=1S/C20H19N3O2S/c1-14(22-19(25)15-5-3-2-4-6-15)13-18(24)23-17-9-7-16(8-10-17)20-21-11-12-26-20/h2-12,14H,13H2,1H3,(H,22,25)(H,23,24). The van der Waals surface area contributed by atoms with Crippen molar-refractivity contribution >= 4 is 28.8 Å². The van der Waals surface area contributed by atoms with Crippen LogP contribution in [0.4, 0.5) is 5.69 Å². The molecule has 0 saturated heterocycles. The van der Waals surface area contributed by atoms with Crippen LogP contribution in [-0.2, 0) is 4.79 Å². The van der Waals surface area contributed by atoms with Crippen LogP contribution in [0.5, 0.6) is 0 Å². The van der Waals surface area contributed by atoms with Crippen molar-refractivity contribution in [2.45, 2.75) is 19.4 Å². The number of carbonyl (C=O) groups excluding carboxylic acids is 2. The first kappa shape index (κ1) is 17.8. The molecule has 0 bridgehead atoms. The van der Waals surface area contributed by atoms with E-state index in [0.29, 0.717) is 5.56 Å². The molecule has 1 heterocycles. The summed E-state index contributed by atoms with van der Waals surface area (Å²) < 4.78 is 0. The zero-order valence-electron chi connectivity index (χ0n) is 14.3. The van der Waals surface area contributed by atoms with Crippen LogP contribution in [0.3, 0.4) is 0 Å². The van der Waals surface area contributed by atoms with E-state index < -0.39 is 0 Å². The van der Waals surface area contributed by atoms with Crippen molar-refractivity contribution in [2.75, 3.05) is 5.32 Å². The molecule has 5 nitrogen and oxygen atoms in total. The highest BCUT2D eigenvalue weighted by atomic mass is 32.1. The first-order valence-corrected chi connectivity index (χ1v) is 9.15. The minimum absolute atomic E-state index is 0.145. The number of thiazole rings is 1. The largest absolute Gasteiger partial charge is 0.349 e. The van der Waals surface area contributed by atoms with Gasteiger partial charge in [-0.2, -0.15) is 0 Å². The van der Waals surface area contributed by atoms with Gasteiger partial charge >= 0.3 is 0 Å². The Morgan fingerprint density at radius 2 is 1.81 bits per heavy atom. The van der Waals surface area contributed by atoms with Gasteiger partial charge in [0.15, 0.2) is 0 Å². The Hall–Kier alpha value is -2.99. The third kappa shape index (κ3) is 4.77. The molecule has 0 aliphatic heterocycles. The van der Waals surface area contributed by atoms with Crippen LogP contribution in [0.1, 0.15) is 23.7 Å². The van der Waals surface area contributed by atoms with Crippen LogP contribution in [0.25, 0.3) is 10.6 Å². The number of hydrogen-bond donors (Lipinski definition) is 2. The Morgan fingerprint density at radius 1 is 1.08 bits per heavy atom. The van der Waals surface area contributed by atoms with Crippen LogP contribution >= 0.6 is 11.3 Å². The van der Waals surface area contributed by atoms with Crippen LogP contribution in [0, 0.1) is 0 Å². The third-order valence-electron chi connectivity index (χ3n) is 3.75. The van der Waals surface area contributed by atoms with Gasteiger partial charge in [-0.3, -0.25) is 9.59 Å². The molecule has 2 amide bonds. The third-order valence-corrected chi connectivity index (χ3v) is 4.58. The van der Waals surface area contributed by atoms with Gasteiger partial charge in [-0.15, -0.1) is 11.3 Å². The quantitative estimate of drug-likeness (QED) is 0.695. The first-order valence-electron chi connectivity index (χ1n) is 8.27. The lowest BCUT2D eigenvalue weighted by atomic mass is 10.1. The van der Waals surface area contributed by atoms with Crippen LogP contribution in [0.15, 0.2) is 66.2 Å². The van der Waals surface area contributed by atoms with E-state index >= 15 is 0 Å². The van der Waals surface area contributed by atoms with E-state index in [1.807, 2.05) is 54.8 Å². The summed E-state index contributed by atoms with van der Waals surface area (Å²) in [7, 11) is 0. The molecule has 0 aliphatic rings. The SMILES string of the molecule is CC(CC(=O)Nc1ccc(-c2nccs2)cc1)NC(=O)c1ccccc1. The van der Waals surface area contributed by atoms with Crippen LogP contribution in [0.2, 0.25) is 0 Å². The summed E-state index contributed by atoms with van der Waals surface area (Å²) in [5, 5.41) is 8.56. The van der Waals surface area contributed by atoms with E-state index in [0.717, 1.165) is 16.3 Å². The van der Waals surface area contributed by atoms with E-state index in [4.69, 9.17) is 0 Å². The maximum Gasteiger partial charge on any atom is 0.251 e. The van der Waals surface area contributed by atoms with Gasteiger partial charge in [0.1, 0.15) is 5.01 Å². The molecule has 0 fully saturated rings. The molecule has 1 aromatic heterocycles. The van der Waals surface area contributed by atoms with Gasteiger partial charge in [0, 0.05) is 40.9 Å². The van der Waals surface area contributed by atoms with Crippen molar-refractivity contribution in [1.82, 2.24) is 10.3 Å². The van der Waals surface area contributed by atoms with E-state index in [1.54, 1.807) is 29.7 Å². The summed E-state index contributed by atoms with van der Waals surface area (Å²) in [6, 6.07) is 16.2. The number of benzene rings is 2. The number of nitrogens with zero attached hydrogens (tertiary/aromatic N) is 1. The number of anilines is 1. The molecular formula is C20H19N3O2S. The monoisotopic (exact) mass is 365 g/mol. The lowest BCUT2D eigenvalue weighted by Gasteiger charge is -2.14. The van der Waals surface area contributed by atoms with E-state index in [2.05, 4.69) is 15.6 Å². The average Bonchev–Trinajstić information content (AvgIpc) is 3.17. The van der Waals surface area contributed by atoms with Gasteiger partial charge in [0.05, 0.1) is 0 Å². The molecule has 26 heavy (non-hydrogen) atoms. The predicted molar refractivity (Wildman–Crippen MR) is 104 cm³/mol. The molecule has 132 valence electrons. The molecule has 1 atom stereocenters. The molecular weight excluding hydrogens is 346 g/mol. The van der Waals surface area contributed by atoms with E-state index in [1.165, 1.54) is 0 Å². The molecule has 0 saturated carbocycles. The van der Waals surface area contributed by atoms with Crippen molar-refractivity contribution in [3.63, 3.8) is 0 Å². The van der Waals surface area contributed by atoms with Crippen molar-refractivity contribution in [3.05, 3.63) is 71.7 Å². The Bertz CT molecular complexity index is 862. The van der Waals surface area contributed by atoms with Crippen molar-refractivity contribution in [3.8, 4) is 10.6 Å². The number of aromatic nitrogens is 1. The minimum Gasteiger partial charge on any atom is -0.349 e. The fraction of sp³-hybridized carbons (Fsp3) is 0.150. The Morgan fingerprint density at radius 3 is 2.46 bits per heavy atom. The maximum atomic E-state index is 12.2. The number of amides is 2. The lowest BCUT2D eigenvalue weighted by Crippen LogP contribution is -2.35. The molecule has 2 aromatic carbocycles. The molecule has 6 heteroatoms. The van der Waals surface area contributed by atoms with Crippen LogP contribution in [-0.4, -0.2) is 22.8 Å². The Balaban J connectivity index is 1.51. The van der Waals surface area contributed by atoms with Gasteiger partial charge < -0.3 is 10.6 Å². The van der Waals surface area contributed by atoms with Crippen molar-refractivity contribution in [1.29, 1.82) is 0 Å². The van der Waals surface area contributed by atoms with Crippen LogP contribution < -0.4 is 10.6 Å². The maximum absolute atomic E-state index is 12.2. The van der Waals surface area contributed by atoms with Gasteiger partial charge in [0.25, 0.3) is 5.91 Å². The summed E-state index contributed by atoms with van der Waals surface area (Å²) in [4.78, 5) is 28.5. The summed E-state index contributed by atoms with van der Waals surface area (Å²) in [6.45, 7) is 1.81. The molecule has 1 unspecified atom stereocenters. The molecule has 0 spiro atoms. The molecule has 3 rings (SSSR count). The Kier molecular flexibility index (Phi) is 5.76. The van der Waals surface area contributed by atoms with E-state index in [9.17, 15) is 9.59 Å². The second kappa shape index (κ2) is 8.40. The predicted octanol–water partition coefficient (Wildman–Crippen LogP) is 3.96.